The van der Waals surface area contributed by atoms with Crippen molar-refractivity contribution in [2.75, 3.05) is 0 Å². The summed E-state index contributed by atoms with van der Waals surface area (Å²) in [5.41, 5.74) is 1.36. The van der Waals surface area contributed by atoms with E-state index in [1.54, 1.807) is 0 Å². The Kier molecular flexibility index (Phi) is 2.17. The lowest BCUT2D eigenvalue weighted by Gasteiger charge is -2.27. The molecule has 0 heterocycles. The fourth-order valence-electron chi connectivity index (χ4n) is 2.20. The summed E-state index contributed by atoms with van der Waals surface area (Å²) >= 11 is 0. The second-order valence-corrected chi connectivity index (χ2v) is 3.55. The summed E-state index contributed by atoms with van der Waals surface area (Å²) in [6, 6.07) is 0. The Hall–Kier alpha value is -0.760. The van der Waals surface area contributed by atoms with Gasteiger partial charge < -0.3 is 4.84 Å². The van der Waals surface area contributed by atoms with Crippen LogP contribution in [0.3, 0.4) is 0 Å². The third-order valence-electron chi connectivity index (χ3n) is 2.82. The van der Waals surface area contributed by atoms with E-state index in [9.17, 15) is 0 Å². The zero-order valence-corrected chi connectivity index (χ0v) is 7.25. The highest BCUT2D eigenvalue weighted by Gasteiger charge is 2.24. The van der Waals surface area contributed by atoms with Crippen molar-refractivity contribution in [2.45, 2.75) is 32.1 Å². The molecule has 0 saturated carbocycles. The summed E-state index contributed by atoms with van der Waals surface area (Å²) in [5, 5.41) is 0. The average Bonchev–Trinajstić information content (AvgIpc) is 2.17. The molecule has 2 rings (SSSR count). The number of allylic oxidation sites excluding steroid dienone is 3. The monoisotopic (exact) mass is 165 g/mol. The predicted molar refractivity (Wildman–Crippen MR) is 48.0 cm³/mol. The van der Waals surface area contributed by atoms with Crippen LogP contribution in [0.25, 0.3) is 0 Å². The second-order valence-electron chi connectivity index (χ2n) is 3.55. The molecular weight excluding hydrogens is 150 g/mol. The fourth-order valence-corrected chi connectivity index (χ4v) is 2.20. The van der Waals surface area contributed by atoms with E-state index >= 15 is 0 Å². The van der Waals surface area contributed by atoms with E-state index in [-0.39, 0.29) is 0 Å². The first-order chi connectivity index (χ1) is 5.92. The van der Waals surface area contributed by atoms with Crippen LogP contribution in [-0.2, 0) is 4.84 Å². The molecule has 0 bridgehead atoms. The Morgan fingerprint density at radius 3 is 3.00 bits per heavy atom. The van der Waals surface area contributed by atoms with Gasteiger partial charge in [-0.1, -0.05) is 6.08 Å². The van der Waals surface area contributed by atoms with Gasteiger partial charge in [-0.2, -0.15) is 5.90 Å². The Morgan fingerprint density at radius 2 is 2.17 bits per heavy atom. The predicted octanol–water partition coefficient (Wildman–Crippen LogP) is 2.28. The summed E-state index contributed by atoms with van der Waals surface area (Å²) < 4.78 is 0. The molecular formula is C10H15NO. The molecule has 2 aliphatic carbocycles. The quantitative estimate of drug-likeness (QED) is 0.605. The van der Waals surface area contributed by atoms with Crippen LogP contribution in [0.1, 0.15) is 32.1 Å². The van der Waals surface area contributed by atoms with Crippen LogP contribution in [0, 0.1) is 5.92 Å². The number of rotatable bonds is 1. The Balaban J connectivity index is 2.24. The SMILES string of the molecule is NOC1=CCCC2CCCC=C12. The largest absolute Gasteiger partial charge is 0.412 e. The van der Waals surface area contributed by atoms with E-state index in [1.807, 2.05) is 0 Å². The number of hydrogen-bond acceptors (Lipinski definition) is 2. The van der Waals surface area contributed by atoms with Gasteiger partial charge in [0.2, 0.25) is 0 Å². The summed E-state index contributed by atoms with van der Waals surface area (Å²) in [5.74, 6) is 6.85. The van der Waals surface area contributed by atoms with Gasteiger partial charge in [-0.15, -0.1) is 0 Å². The highest BCUT2D eigenvalue weighted by molar-refractivity contribution is 5.32. The highest BCUT2D eigenvalue weighted by atomic mass is 16.6. The van der Waals surface area contributed by atoms with Crippen LogP contribution >= 0.6 is 0 Å². The van der Waals surface area contributed by atoms with Crippen LogP contribution in [-0.4, -0.2) is 0 Å². The molecule has 2 N–H and O–H groups in total. The molecule has 66 valence electrons. The lowest BCUT2D eigenvalue weighted by molar-refractivity contribution is 0.212. The molecule has 0 spiro atoms. The highest BCUT2D eigenvalue weighted by Crippen LogP contribution is 2.36. The minimum atomic E-state index is 0.724. The maximum Gasteiger partial charge on any atom is 0.146 e. The Labute approximate surface area is 73.0 Å². The minimum absolute atomic E-state index is 0.724. The number of nitrogens with two attached hydrogens (primary N) is 1. The minimum Gasteiger partial charge on any atom is -0.412 e. The van der Waals surface area contributed by atoms with Crippen molar-refractivity contribution in [3.8, 4) is 0 Å². The number of hydrogen-bond donors (Lipinski definition) is 1. The van der Waals surface area contributed by atoms with Gasteiger partial charge in [0.05, 0.1) is 0 Å². The van der Waals surface area contributed by atoms with Crippen molar-refractivity contribution in [1.29, 1.82) is 0 Å². The summed E-state index contributed by atoms with van der Waals surface area (Å²) in [6.45, 7) is 0. The van der Waals surface area contributed by atoms with Crippen molar-refractivity contribution in [1.82, 2.24) is 0 Å². The first-order valence-electron chi connectivity index (χ1n) is 4.69. The molecule has 0 aromatic carbocycles. The van der Waals surface area contributed by atoms with E-state index in [0.29, 0.717) is 0 Å². The van der Waals surface area contributed by atoms with Gasteiger partial charge in [-0.05, 0) is 49.7 Å². The summed E-state index contributed by atoms with van der Waals surface area (Å²) in [4.78, 5) is 4.85. The molecule has 0 aromatic heterocycles. The van der Waals surface area contributed by atoms with Crippen molar-refractivity contribution < 1.29 is 4.84 Å². The molecule has 2 heteroatoms. The second kappa shape index (κ2) is 3.31. The first kappa shape index (κ1) is 7.87. The van der Waals surface area contributed by atoms with Crippen LogP contribution in [0.5, 0.6) is 0 Å². The van der Waals surface area contributed by atoms with Crippen molar-refractivity contribution in [2.24, 2.45) is 11.8 Å². The Morgan fingerprint density at radius 1 is 1.25 bits per heavy atom. The van der Waals surface area contributed by atoms with Gasteiger partial charge in [0.15, 0.2) is 0 Å². The zero-order valence-electron chi connectivity index (χ0n) is 7.25. The molecule has 0 radical (unpaired) electrons. The topological polar surface area (TPSA) is 35.2 Å². The molecule has 2 nitrogen and oxygen atoms in total. The van der Waals surface area contributed by atoms with Gasteiger partial charge in [0.25, 0.3) is 0 Å². The molecule has 1 atom stereocenters. The van der Waals surface area contributed by atoms with Gasteiger partial charge in [0.1, 0.15) is 5.76 Å². The normalized spacial score (nSPS) is 28.6. The maximum absolute atomic E-state index is 5.20. The van der Waals surface area contributed by atoms with Crippen LogP contribution in [0.15, 0.2) is 23.5 Å². The molecule has 12 heavy (non-hydrogen) atoms. The zero-order chi connectivity index (χ0) is 8.39. The standard InChI is InChI=1S/C10H15NO/c11-12-10-7-3-5-8-4-1-2-6-9(8)10/h6-8H,1-5,11H2. The molecule has 0 aromatic rings. The lowest BCUT2D eigenvalue weighted by Crippen LogP contribution is -2.17. The van der Waals surface area contributed by atoms with Gasteiger partial charge >= 0.3 is 0 Å². The number of fused-ring (bicyclic) bond motifs is 1. The van der Waals surface area contributed by atoms with Crippen LogP contribution in [0.2, 0.25) is 0 Å². The molecule has 2 aliphatic rings. The molecule has 0 saturated heterocycles. The van der Waals surface area contributed by atoms with Gasteiger partial charge in [-0.3, -0.25) is 0 Å². The van der Waals surface area contributed by atoms with E-state index in [1.165, 1.54) is 31.3 Å². The van der Waals surface area contributed by atoms with Crippen molar-refractivity contribution in [3.05, 3.63) is 23.5 Å². The summed E-state index contributed by atoms with van der Waals surface area (Å²) in [7, 11) is 0. The molecule has 0 fully saturated rings. The third-order valence-corrected chi connectivity index (χ3v) is 2.82. The third kappa shape index (κ3) is 1.27. The smallest absolute Gasteiger partial charge is 0.146 e. The van der Waals surface area contributed by atoms with Gasteiger partial charge in [-0.25, -0.2) is 0 Å². The van der Waals surface area contributed by atoms with E-state index < -0.39 is 0 Å². The van der Waals surface area contributed by atoms with Crippen molar-refractivity contribution in [3.63, 3.8) is 0 Å². The van der Waals surface area contributed by atoms with E-state index in [2.05, 4.69) is 12.2 Å². The lowest BCUT2D eigenvalue weighted by atomic mass is 9.80. The van der Waals surface area contributed by atoms with Crippen LogP contribution in [0.4, 0.5) is 0 Å². The van der Waals surface area contributed by atoms with Gasteiger partial charge in [0, 0.05) is 0 Å². The Bertz CT molecular complexity index is 230. The maximum atomic E-state index is 5.20. The first-order valence-corrected chi connectivity index (χ1v) is 4.69. The molecule has 0 amide bonds. The summed E-state index contributed by atoms with van der Waals surface area (Å²) in [6.07, 6.45) is 10.6. The molecule has 0 aliphatic heterocycles. The fraction of sp³-hybridized carbons (Fsp3) is 0.600. The van der Waals surface area contributed by atoms with E-state index in [4.69, 9.17) is 10.7 Å². The van der Waals surface area contributed by atoms with Crippen LogP contribution < -0.4 is 5.90 Å². The van der Waals surface area contributed by atoms with E-state index in [0.717, 1.165) is 18.1 Å². The molecule has 1 unspecified atom stereocenters. The van der Waals surface area contributed by atoms with Crippen molar-refractivity contribution >= 4 is 0 Å². The average molecular weight is 165 g/mol.